The highest BCUT2D eigenvalue weighted by atomic mass is 16.5. The van der Waals surface area contributed by atoms with Crippen molar-refractivity contribution in [1.82, 2.24) is 24.5 Å². The van der Waals surface area contributed by atoms with E-state index in [1.165, 1.54) is 6.33 Å². The van der Waals surface area contributed by atoms with E-state index in [0.717, 1.165) is 49.2 Å². The molecule has 2 N–H and O–H groups in total. The average molecular weight is 383 g/mol. The van der Waals surface area contributed by atoms with Gasteiger partial charge in [0.2, 0.25) is 0 Å². The molecule has 0 amide bonds. The van der Waals surface area contributed by atoms with Crippen molar-refractivity contribution >= 4 is 22.8 Å². The first kappa shape index (κ1) is 18.6. The van der Waals surface area contributed by atoms with Crippen LogP contribution in [0.25, 0.3) is 22.6 Å². The van der Waals surface area contributed by atoms with E-state index in [-0.39, 0.29) is 12.6 Å². The largest absolute Gasteiger partial charge is 0.395 e. The monoisotopic (exact) mass is 383 g/mol. The summed E-state index contributed by atoms with van der Waals surface area (Å²) in [6.45, 7) is 7.80. The number of ether oxygens (including phenoxy) is 1. The Kier molecular flexibility index (Phi) is 5.36. The molecule has 0 spiro atoms. The summed E-state index contributed by atoms with van der Waals surface area (Å²) in [5.74, 6) is 2.38. The van der Waals surface area contributed by atoms with Crippen molar-refractivity contribution in [2.45, 2.75) is 19.9 Å². The third-order valence-electron chi connectivity index (χ3n) is 4.74. The van der Waals surface area contributed by atoms with E-state index in [1.54, 1.807) is 0 Å². The summed E-state index contributed by atoms with van der Waals surface area (Å²) in [5, 5.41) is 12.2. The maximum Gasteiger partial charge on any atom is 0.166 e. The molecule has 0 atom stereocenters. The molecule has 9 nitrogen and oxygen atoms in total. The lowest BCUT2D eigenvalue weighted by Gasteiger charge is -2.27. The first-order chi connectivity index (χ1) is 13.7. The highest BCUT2D eigenvalue weighted by molar-refractivity contribution is 5.86. The fraction of sp³-hybridized carbons (Fsp3) is 0.474. The topological polar surface area (TPSA) is 101 Å². The molecule has 0 saturated carbocycles. The number of pyridine rings is 1. The number of nitrogens with one attached hydrogen (secondary N) is 1. The summed E-state index contributed by atoms with van der Waals surface area (Å²) in [5.41, 5.74) is 2.38. The summed E-state index contributed by atoms with van der Waals surface area (Å²) < 4.78 is 7.50. The van der Waals surface area contributed by atoms with E-state index in [1.807, 2.05) is 18.3 Å². The van der Waals surface area contributed by atoms with Gasteiger partial charge in [-0.3, -0.25) is 0 Å². The minimum atomic E-state index is 0.0240. The second-order valence-corrected chi connectivity index (χ2v) is 6.95. The third kappa shape index (κ3) is 3.50. The second kappa shape index (κ2) is 8.07. The molecule has 1 fully saturated rings. The van der Waals surface area contributed by atoms with E-state index < -0.39 is 0 Å². The fourth-order valence-electron chi connectivity index (χ4n) is 3.40. The molecule has 3 aromatic rings. The van der Waals surface area contributed by atoms with E-state index >= 15 is 0 Å². The summed E-state index contributed by atoms with van der Waals surface area (Å²) >= 11 is 0. The predicted octanol–water partition coefficient (Wildman–Crippen LogP) is 1.71. The molecule has 3 aromatic heterocycles. The van der Waals surface area contributed by atoms with Crippen LogP contribution >= 0.6 is 0 Å². The Bertz CT molecular complexity index is 933. The second-order valence-electron chi connectivity index (χ2n) is 6.95. The standard InChI is InChI=1S/C19H25N7O2/c1-13(2)26-18(24-16-17(20-5-8-27)22-12-23-19(16)26)14-3-4-15(21-11-14)25-6-9-28-10-7-25/h3-4,11-13,27H,5-10H2,1-2H3,(H,20,22,23). The van der Waals surface area contributed by atoms with Crippen LogP contribution in [0.1, 0.15) is 19.9 Å². The van der Waals surface area contributed by atoms with Crippen molar-refractivity contribution < 1.29 is 9.84 Å². The predicted molar refractivity (Wildman–Crippen MR) is 108 cm³/mol. The van der Waals surface area contributed by atoms with E-state index in [2.05, 4.69) is 43.6 Å². The van der Waals surface area contributed by atoms with Crippen molar-refractivity contribution in [3.63, 3.8) is 0 Å². The molecule has 28 heavy (non-hydrogen) atoms. The zero-order chi connectivity index (χ0) is 19.5. The molecule has 1 saturated heterocycles. The number of anilines is 2. The molecule has 9 heteroatoms. The number of aliphatic hydroxyl groups is 1. The quantitative estimate of drug-likeness (QED) is 0.663. The van der Waals surface area contributed by atoms with Gasteiger partial charge in [-0.15, -0.1) is 0 Å². The van der Waals surface area contributed by atoms with Crippen LogP contribution in [0.3, 0.4) is 0 Å². The molecule has 0 unspecified atom stereocenters. The van der Waals surface area contributed by atoms with Crippen molar-refractivity contribution in [3.05, 3.63) is 24.7 Å². The average Bonchev–Trinajstić information content (AvgIpc) is 3.13. The normalized spacial score (nSPS) is 14.8. The lowest BCUT2D eigenvalue weighted by atomic mass is 10.2. The van der Waals surface area contributed by atoms with Gasteiger partial charge in [-0.25, -0.2) is 19.9 Å². The highest BCUT2D eigenvalue weighted by Gasteiger charge is 2.20. The number of hydrogen-bond acceptors (Lipinski definition) is 8. The lowest BCUT2D eigenvalue weighted by molar-refractivity contribution is 0.122. The number of nitrogens with zero attached hydrogens (tertiary/aromatic N) is 6. The molecule has 4 heterocycles. The van der Waals surface area contributed by atoms with Gasteiger partial charge in [0.25, 0.3) is 0 Å². The van der Waals surface area contributed by atoms with Crippen molar-refractivity contribution in [2.24, 2.45) is 0 Å². The Hall–Kier alpha value is -2.78. The van der Waals surface area contributed by atoms with Crippen LogP contribution in [-0.2, 0) is 4.74 Å². The molecule has 1 aliphatic rings. The molecule has 0 aliphatic carbocycles. The van der Waals surface area contributed by atoms with Gasteiger partial charge >= 0.3 is 0 Å². The summed E-state index contributed by atoms with van der Waals surface area (Å²) in [6, 6.07) is 4.24. The summed E-state index contributed by atoms with van der Waals surface area (Å²) in [7, 11) is 0. The van der Waals surface area contributed by atoms with Gasteiger partial charge in [0.1, 0.15) is 18.0 Å². The van der Waals surface area contributed by atoms with Crippen LogP contribution in [0.15, 0.2) is 24.7 Å². The number of aliphatic hydroxyl groups excluding tert-OH is 1. The number of hydrogen-bond donors (Lipinski definition) is 2. The fourth-order valence-corrected chi connectivity index (χ4v) is 3.40. The Morgan fingerprint density at radius 3 is 2.68 bits per heavy atom. The van der Waals surface area contributed by atoms with Crippen LogP contribution in [0.5, 0.6) is 0 Å². The van der Waals surface area contributed by atoms with Crippen LogP contribution < -0.4 is 10.2 Å². The SMILES string of the molecule is CC(C)n1c(-c2ccc(N3CCOCC3)nc2)nc2c(NCCO)ncnc21. The zero-order valence-corrected chi connectivity index (χ0v) is 16.2. The van der Waals surface area contributed by atoms with Crippen molar-refractivity contribution in [1.29, 1.82) is 0 Å². The molecule has 1 aliphatic heterocycles. The molecule has 0 aromatic carbocycles. The molecular formula is C19H25N7O2. The molecule has 0 bridgehead atoms. The molecular weight excluding hydrogens is 358 g/mol. The Morgan fingerprint density at radius 1 is 1.18 bits per heavy atom. The van der Waals surface area contributed by atoms with Gasteiger partial charge in [-0.1, -0.05) is 0 Å². The maximum absolute atomic E-state index is 9.11. The third-order valence-corrected chi connectivity index (χ3v) is 4.74. The number of morpholine rings is 1. The summed E-state index contributed by atoms with van der Waals surface area (Å²) in [4.78, 5) is 20.4. The number of aromatic nitrogens is 5. The minimum absolute atomic E-state index is 0.0240. The molecule has 0 radical (unpaired) electrons. The number of rotatable bonds is 6. The van der Waals surface area contributed by atoms with E-state index in [0.29, 0.717) is 17.9 Å². The zero-order valence-electron chi connectivity index (χ0n) is 16.2. The summed E-state index contributed by atoms with van der Waals surface area (Å²) in [6.07, 6.45) is 3.38. The van der Waals surface area contributed by atoms with Gasteiger partial charge in [0.05, 0.1) is 19.8 Å². The van der Waals surface area contributed by atoms with Gasteiger partial charge in [0, 0.05) is 37.4 Å². The van der Waals surface area contributed by atoms with Gasteiger partial charge < -0.3 is 24.6 Å². The van der Waals surface area contributed by atoms with Crippen LogP contribution in [0.2, 0.25) is 0 Å². The van der Waals surface area contributed by atoms with Crippen molar-refractivity contribution in [3.8, 4) is 11.4 Å². The Balaban J connectivity index is 1.73. The number of imidazole rings is 1. The van der Waals surface area contributed by atoms with E-state index in [4.69, 9.17) is 14.8 Å². The van der Waals surface area contributed by atoms with Gasteiger partial charge in [-0.05, 0) is 26.0 Å². The molecule has 148 valence electrons. The number of fused-ring (bicyclic) bond motifs is 1. The van der Waals surface area contributed by atoms with Gasteiger partial charge in [-0.2, -0.15) is 0 Å². The first-order valence-electron chi connectivity index (χ1n) is 9.56. The maximum atomic E-state index is 9.11. The van der Waals surface area contributed by atoms with Crippen LogP contribution in [0, 0.1) is 0 Å². The van der Waals surface area contributed by atoms with E-state index in [9.17, 15) is 0 Å². The minimum Gasteiger partial charge on any atom is -0.395 e. The van der Waals surface area contributed by atoms with Crippen LogP contribution in [0.4, 0.5) is 11.6 Å². The van der Waals surface area contributed by atoms with Gasteiger partial charge in [0.15, 0.2) is 17.0 Å². The lowest BCUT2D eigenvalue weighted by Crippen LogP contribution is -2.36. The molecule has 4 rings (SSSR count). The first-order valence-corrected chi connectivity index (χ1v) is 9.56. The smallest absolute Gasteiger partial charge is 0.166 e. The van der Waals surface area contributed by atoms with Crippen molar-refractivity contribution in [2.75, 3.05) is 49.7 Å². The Labute approximate surface area is 163 Å². The van der Waals surface area contributed by atoms with Crippen LogP contribution in [-0.4, -0.2) is 69.1 Å². The highest BCUT2D eigenvalue weighted by Crippen LogP contribution is 2.30. The Morgan fingerprint density at radius 2 is 2.00 bits per heavy atom.